The van der Waals surface area contributed by atoms with Gasteiger partial charge in [0.25, 0.3) is 5.91 Å². The Morgan fingerprint density at radius 2 is 2.17 bits per heavy atom. The molecule has 0 spiro atoms. The van der Waals surface area contributed by atoms with Gasteiger partial charge >= 0.3 is 0 Å². The molecule has 1 aromatic carbocycles. The zero-order valence-electron chi connectivity index (χ0n) is 14.5. The number of ether oxygens (including phenoxy) is 1. The number of aromatic nitrogens is 1. The number of benzene rings is 1. The second kappa shape index (κ2) is 8.26. The van der Waals surface area contributed by atoms with Crippen LogP contribution in [0.4, 0.5) is 0 Å². The number of carbonyl (C=O) groups is 1. The van der Waals surface area contributed by atoms with Crippen molar-refractivity contribution < 1.29 is 14.6 Å². The maximum Gasteiger partial charge on any atom is 0.271 e. The normalized spacial score (nSPS) is 12.2. The summed E-state index contributed by atoms with van der Waals surface area (Å²) in [6.07, 6.45) is 0.730. The van der Waals surface area contributed by atoms with Gasteiger partial charge in [-0.2, -0.15) is 0 Å². The average Bonchev–Trinajstić information content (AvgIpc) is 2.95. The molecule has 0 fully saturated rings. The number of nitrogens with zero attached hydrogens (tertiary/aromatic N) is 1. The Labute approximate surface area is 146 Å². The van der Waals surface area contributed by atoms with Crippen molar-refractivity contribution in [2.75, 3.05) is 13.7 Å². The van der Waals surface area contributed by atoms with Crippen LogP contribution in [0.5, 0.6) is 5.75 Å². The lowest BCUT2D eigenvalue weighted by Gasteiger charge is -2.17. The maximum absolute atomic E-state index is 12.5. The number of rotatable bonds is 7. The second-order valence-corrected chi connectivity index (χ2v) is 7.34. The van der Waals surface area contributed by atoms with E-state index in [1.807, 2.05) is 31.2 Å². The van der Waals surface area contributed by atoms with Gasteiger partial charge in [0, 0.05) is 10.4 Å². The zero-order valence-corrected chi connectivity index (χ0v) is 15.3. The Bertz CT molecular complexity index is 697. The van der Waals surface area contributed by atoms with Gasteiger partial charge in [-0.05, 0) is 31.4 Å². The van der Waals surface area contributed by atoms with Crippen LogP contribution in [0, 0.1) is 12.8 Å². The minimum absolute atomic E-state index is 0.0736. The van der Waals surface area contributed by atoms with E-state index in [4.69, 9.17) is 4.74 Å². The van der Waals surface area contributed by atoms with E-state index in [1.165, 1.54) is 11.3 Å². The minimum Gasteiger partial charge on any atom is -0.497 e. The molecular formula is C18H24N2O3S. The van der Waals surface area contributed by atoms with Crippen molar-refractivity contribution in [3.63, 3.8) is 0 Å². The van der Waals surface area contributed by atoms with Crippen molar-refractivity contribution in [3.8, 4) is 16.3 Å². The maximum atomic E-state index is 12.5. The lowest BCUT2D eigenvalue weighted by molar-refractivity contribution is 0.0903. The number of nitrogens with one attached hydrogen (secondary N) is 1. The Morgan fingerprint density at radius 3 is 2.79 bits per heavy atom. The molecule has 0 aliphatic rings. The first-order valence-corrected chi connectivity index (χ1v) is 8.79. The minimum atomic E-state index is -0.251. The van der Waals surface area contributed by atoms with Crippen molar-refractivity contribution in [3.05, 3.63) is 34.8 Å². The topological polar surface area (TPSA) is 71.5 Å². The Balaban J connectivity index is 2.19. The summed E-state index contributed by atoms with van der Waals surface area (Å²) >= 11 is 1.47. The molecule has 24 heavy (non-hydrogen) atoms. The molecule has 5 nitrogen and oxygen atoms in total. The standard InChI is InChI=1S/C18H24N2O3S/c1-11(2)8-14(10-21)19-17(22)16-12(3)24-18(20-16)13-6-5-7-15(9-13)23-4/h5-7,9,11,14,21H,8,10H2,1-4H3,(H,19,22)/t14-/m0/s1. The van der Waals surface area contributed by atoms with Crippen molar-refractivity contribution in [1.29, 1.82) is 0 Å². The van der Waals surface area contributed by atoms with Gasteiger partial charge in [0.05, 0.1) is 19.8 Å². The van der Waals surface area contributed by atoms with E-state index >= 15 is 0 Å². The molecule has 2 N–H and O–H groups in total. The summed E-state index contributed by atoms with van der Waals surface area (Å²) < 4.78 is 5.23. The Morgan fingerprint density at radius 1 is 1.42 bits per heavy atom. The van der Waals surface area contributed by atoms with Crippen LogP contribution in [0.15, 0.2) is 24.3 Å². The lowest BCUT2D eigenvalue weighted by Crippen LogP contribution is -2.38. The number of aryl methyl sites for hydroxylation is 1. The van der Waals surface area contributed by atoms with Gasteiger partial charge in [0.15, 0.2) is 0 Å². The van der Waals surface area contributed by atoms with E-state index in [2.05, 4.69) is 24.1 Å². The fourth-order valence-electron chi connectivity index (χ4n) is 2.49. The number of amides is 1. The lowest BCUT2D eigenvalue weighted by atomic mass is 10.0. The van der Waals surface area contributed by atoms with Crippen molar-refractivity contribution in [2.45, 2.75) is 33.2 Å². The second-order valence-electron chi connectivity index (χ2n) is 6.14. The number of hydrogen-bond acceptors (Lipinski definition) is 5. The molecule has 0 unspecified atom stereocenters. The van der Waals surface area contributed by atoms with E-state index < -0.39 is 0 Å². The van der Waals surface area contributed by atoms with Crippen LogP contribution in [0.3, 0.4) is 0 Å². The zero-order chi connectivity index (χ0) is 17.7. The number of methoxy groups -OCH3 is 1. The predicted molar refractivity (Wildman–Crippen MR) is 96.6 cm³/mol. The summed E-state index contributed by atoms with van der Waals surface area (Å²) in [7, 11) is 1.62. The van der Waals surface area contributed by atoms with E-state index in [1.54, 1.807) is 7.11 Å². The molecule has 1 heterocycles. The largest absolute Gasteiger partial charge is 0.497 e. The van der Waals surface area contributed by atoms with Gasteiger partial charge in [0.1, 0.15) is 16.5 Å². The summed E-state index contributed by atoms with van der Waals surface area (Å²) in [6, 6.07) is 7.36. The molecule has 0 saturated heterocycles. The highest BCUT2D eigenvalue weighted by atomic mass is 32.1. The number of aliphatic hydroxyl groups excluding tert-OH is 1. The van der Waals surface area contributed by atoms with Crippen LogP contribution in [0.25, 0.3) is 10.6 Å². The monoisotopic (exact) mass is 348 g/mol. The van der Waals surface area contributed by atoms with Gasteiger partial charge in [0.2, 0.25) is 0 Å². The van der Waals surface area contributed by atoms with E-state index in [9.17, 15) is 9.90 Å². The summed E-state index contributed by atoms with van der Waals surface area (Å²) in [6.45, 7) is 5.93. The van der Waals surface area contributed by atoms with Crippen molar-refractivity contribution >= 4 is 17.2 Å². The van der Waals surface area contributed by atoms with E-state index in [-0.39, 0.29) is 18.6 Å². The summed E-state index contributed by atoms with van der Waals surface area (Å²) in [5.74, 6) is 0.910. The van der Waals surface area contributed by atoms with Gasteiger partial charge in [-0.3, -0.25) is 4.79 Å². The molecule has 0 radical (unpaired) electrons. The molecule has 1 aromatic heterocycles. The van der Waals surface area contributed by atoms with E-state index in [0.29, 0.717) is 11.6 Å². The van der Waals surface area contributed by atoms with Crippen LogP contribution in [-0.2, 0) is 0 Å². The molecule has 130 valence electrons. The molecule has 0 aliphatic heterocycles. The van der Waals surface area contributed by atoms with Gasteiger partial charge in [-0.1, -0.05) is 26.0 Å². The van der Waals surface area contributed by atoms with Crippen LogP contribution in [0.2, 0.25) is 0 Å². The van der Waals surface area contributed by atoms with E-state index in [0.717, 1.165) is 27.6 Å². The smallest absolute Gasteiger partial charge is 0.271 e. The van der Waals surface area contributed by atoms with Crippen LogP contribution in [-0.4, -0.2) is 35.8 Å². The fourth-order valence-corrected chi connectivity index (χ4v) is 3.40. The molecule has 1 atom stereocenters. The highest BCUT2D eigenvalue weighted by Crippen LogP contribution is 2.29. The van der Waals surface area contributed by atoms with Crippen molar-refractivity contribution in [2.24, 2.45) is 5.92 Å². The molecule has 0 bridgehead atoms. The molecule has 6 heteroatoms. The van der Waals surface area contributed by atoms with Crippen LogP contribution in [0.1, 0.15) is 35.6 Å². The third kappa shape index (κ3) is 4.55. The highest BCUT2D eigenvalue weighted by molar-refractivity contribution is 7.15. The van der Waals surface area contributed by atoms with Crippen LogP contribution < -0.4 is 10.1 Å². The molecule has 0 saturated carbocycles. The summed E-state index contributed by atoms with van der Waals surface area (Å²) in [5, 5.41) is 13.1. The Hall–Kier alpha value is -1.92. The molecular weight excluding hydrogens is 324 g/mol. The SMILES string of the molecule is COc1cccc(-c2nc(C(=O)N[C@H](CO)CC(C)C)c(C)s2)c1. The van der Waals surface area contributed by atoms with Gasteiger partial charge < -0.3 is 15.2 Å². The highest BCUT2D eigenvalue weighted by Gasteiger charge is 2.20. The van der Waals surface area contributed by atoms with Gasteiger partial charge in [-0.15, -0.1) is 11.3 Å². The predicted octanol–water partition coefficient (Wildman–Crippen LogP) is 3.26. The summed E-state index contributed by atoms with van der Waals surface area (Å²) in [5.41, 5.74) is 1.34. The van der Waals surface area contributed by atoms with Gasteiger partial charge in [-0.25, -0.2) is 4.98 Å². The first kappa shape index (κ1) is 18.4. The molecule has 1 amide bonds. The summed E-state index contributed by atoms with van der Waals surface area (Å²) in [4.78, 5) is 17.8. The molecule has 2 aromatic rings. The van der Waals surface area contributed by atoms with Crippen LogP contribution >= 0.6 is 11.3 Å². The quantitative estimate of drug-likeness (QED) is 0.806. The Kier molecular flexibility index (Phi) is 6.34. The molecule has 0 aliphatic carbocycles. The number of carbonyl (C=O) groups excluding carboxylic acids is 1. The number of thiazole rings is 1. The fraction of sp³-hybridized carbons (Fsp3) is 0.444. The number of aliphatic hydroxyl groups is 1. The van der Waals surface area contributed by atoms with Crippen molar-refractivity contribution in [1.82, 2.24) is 10.3 Å². The first-order chi connectivity index (χ1) is 11.4. The third-order valence-electron chi connectivity index (χ3n) is 3.64. The average molecular weight is 348 g/mol. The number of hydrogen-bond donors (Lipinski definition) is 2. The first-order valence-electron chi connectivity index (χ1n) is 7.98. The third-order valence-corrected chi connectivity index (χ3v) is 4.66. The molecule has 2 rings (SSSR count).